The van der Waals surface area contributed by atoms with E-state index in [1.54, 1.807) is 30.3 Å². The molecule has 0 spiro atoms. The summed E-state index contributed by atoms with van der Waals surface area (Å²) in [7, 11) is 0. The Morgan fingerprint density at radius 2 is 1.70 bits per heavy atom. The van der Waals surface area contributed by atoms with E-state index in [-0.39, 0.29) is 23.3 Å². The van der Waals surface area contributed by atoms with Gasteiger partial charge in [-0.15, -0.1) is 11.3 Å². The molecule has 150 valence electrons. The Balaban J connectivity index is 1.43. The second-order valence-electron chi connectivity index (χ2n) is 6.34. The number of halogens is 2. The molecule has 1 heterocycles. The van der Waals surface area contributed by atoms with E-state index in [2.05, 4.69) is 10.3 Å². The van der Waals surface area contributed by atoms with Crippen molar-refractivity contribution < 1.29 is 14.0 Å². The second-order valence-corrected chi connectivity index (χ2v) is 9.03. The minimum atomic E-state index is -0.371. The number of rotatable bonds is 6. The van der Waals surface area contributed by atoms with Gasteiger partial charge >= 0.3 is 0 Å². The number of nitrogens with one attached hydrogen (secondary N) is 1. The molecule has 0 aliphatic carbocycles. The van der Waals surface area contributed by atoms with Crippen LogP contribution in [0.1, 0.15) is 20.7 Å². The number of fused-ring (bicyclic) bond motifs is 1. The van der Waals surface area contributed by atoms with Gasteiger partial charge in [0, 0.05) is 21.8 Å². The molecule has 0 radical (unpaired) electrons. The monoisotopic (exact) mass is 456 g/mol. The summed E-state index contributed by atoms with van der Waals surface area (Å²) < 4.78 is 14.6. The predicted molar refractivity (Wildman–Crippen MR) is 120 cm³/mol. The first kappa shape index (κ1) is 20.5. The first-order valence-electron chi connectivity index (χ1n) is 8.87. The van der Waals surface area contributed by atoms with Crippen molar-refractivity contribution in [2.24, 2.45) is 0 Å². The van der Waals surface area contributed by atoms with E-state index in [9.17, 15) is 14.0 Å². The van der Waals surface area contributed by atoms with Crippen molar-refractivity contribution in [1.29, 1.82) is 0 Å². The summed E-state index contributed by atoms with van der Waals surface area (Å²) in [6, 6.07) is 17.6. The van der Waals surface area contributed by atoms with Crippen LogP contribution < -0.4 is 5.32 Å². The summed E-state index contributed by atoms with van der Waals surface area (Å²) in [5, 5.41) is 3.43. The highest BCUT2D eigenvalue weighted by Crippen LogP contribution is 2.31. The van der Waals surface area contributed by atoms with Gasteiger partial charge in [0.05, 0.1) is 16.0 Å². The minimum Gasteiger partial charge on any atom is -0.322 e. The van der Waals surface area contributed by atoms with Gasteiger partial charge in [-0.05, 0) is 66.7 Å². The summed E-state index contributed by atoms with van der Waals surface area (Å²) in [6.07, 6.45) is 0. The van der Waals surface area contributed by atoms with Crippen molar-refractivity contribution in [2.45, 2.75) is 4.34 Å². The number of ketones is 1. The fourth-order valence-corrected chi connectivity index (χ4v) is 4.82. The van der Waals surface area contributed by atoms with Gasteiger partial charge in [-0.25, -0.2) is 9.37 Å². The number of hydrogen-bond acceptors (Lipinski definition) is 5. The molecule has 0 atom stereocenters. The summed E-state index contributed by atoms with van der Waals surface area (Å²) in [6.45, 7) is 0. The van der Waals surface area contributed by atoms with Gasteiger partial charge in [0.1, 0.15) is 5.82 Å². The average Bonchev–Trinajstić information content (AvgIpc) is 3.15. The Morgan fingerprint density at radius 3 is 2.43 bits per heavy atom. The SMILES string of the molecule is O=C(CSc1nc2ccc(NC(=O)c3ccc(Cl)cc3)cc2s1)c1ccc(F)cc1. The molecule has 1 N–H and O–H groups in total. The van der Waals surface area contributed by atoms with Crippen LogP contribution in [0.4, 0.5) is 10.1 Å². The lowest BCUT2D eigenvalue weighted by Crippen LogP contribution is -2.11. The average molecular weight is 457 g/mol. The molecule has 0 saturated heterocycles. The summed E-state index contributed by atoms with van der Waals surface area (Å²) >= 11 is 8.64. The van der Waals surface area contributed by atoms with Crippen LogP contribution in [0.15, 0.2) is 71.1 Å². The van der Waals surface area contributed by atoms with E-state index in [1.807, 2.05) is 12.1 Å². The molecule has 0 unspecified atom stereocenters. The van der Waals surface area contributed by atoms with Crippen LogP contribution in [0.5, 0.6) is 0 Å². The third-order valence-corrected chi connectivity index (χ3v) is 6.64. The Hall–Kier alpha value is -2.74. The van der Waals surface area contributed by atoms with Gasteiger partial charge in [0.2, 0.25) is 0 Å². The standard InChI is InChI=1S/C22H14ClFN2O2S2/c23-15-5-1-14(2-6-15)21(28)25-17-9-10-18-20(11-17)30-22(26-18)29-12-19(27)13-3-7-16(24)8-4-13/h1-11H,12H2,(H,25,28). The van der Waals surface area contributed by atoms with Gasteiger partial charge in [-0.3, -0.25) is 9.59 Å². The molecule has 30 heavy (non-hydrogen) atoms. The largest absolute Gasteiger partial charge is 0.322 e. The molecule has 3 aromatic carbocycles. The zero-order chi connectivity index (χ0) is 21.1. The fourth-order valence-electron chi connectivity index (χ4n) is 2.69. The zero-order valence-electron chi connectivity index (χ0n) is 15.4. The number of carbonyl (C=O) groups is 2. The van der Waals surface area contributed by atoms with E-state index in [0.717, 1.165) is 14.6 Å². The molecule has 0 aliphatic heterocycles. The number of aromatic nitrogens is 1. The van der Waals surface area contributed by atoms with E-state index < -0.39 is 0 Å². The first-order valence-corrected chi connectivity index (χ1v) is 11.0. The molecule has 0 aliphatic rings. The van der Waals surface area contributed by atoms with Crippen molar-refractivity contribution in [3.8, 4) is 0 Å². The van der Waals surface area contributed by atoms with Crippen LogP contribution in [0.25, 0.3) is 10.2 Å². The smallest absolute Gasteiger partial charge is 0.255 e. The molecule has 4 rings (SSSR count). The maximum absolute atomic E-state index is 13.0. The Morgan fingerprint density at radius 1 is 1.00 bits per heavy atom. The number of hydrogen-bond donors (Lipinski definition) is 1. The number of nitrogens with zero attached hydrogens (tertiary/aromatic N) is 1. The van der Waals surface area contributed by atoms with Crippen LogP contribution >= 0.6 is 34.7 Å². The van der Waals surface area contributed by atoms with E-state index in [0.29, 0.717) is 21.8 Å². The Labute approximate surface area is 185 Å². The summed E-state index contributed by atoms with van der Waals surface area (Å²) in [5.41, 5.74) is 2.43. The molecule has 4 nitrogen and oxygen atoms in total. The van der Waals surface area contributed by atoms with Crippen molar-refractivity contribution in [3.05, 3.63) is 88.7 Å². The lowest BCUT2D eigenvalue weighted by molar-refractivity contribution is 0.101. The lowest BCUT2D eigenvalue weighted by atomic mass is 10.1. The number of thioether (sulfide) groups is 1. The number of carbonyl (C=O) groups excluding carboxylic acids is 2. The highest BCUT2D eigenvalue weighted by Gasteiger charge is 2.12. The number of thiazole rings is 1. The summed E-state index contributed by atoms with van der Waals surface area (Å²) in [5.74, 6) is -0.472. The summed E-state index contributed by atoms with van der Waals surface area (Å²) in [4.78, 5) is 29.1. The molecule has 1 amide bonds. The second kappa shape index (κ2) is 8.95. The zero-order valence-corrected chi connectivity index (χ0v) is 17.8. The van der Waals surface area contributed by atoms with Crippen molar-refractivity contribution >= 4 is 62.3 Å². The molecule has 8 heteroatoms. The minimum absolute atomic E-state index is 0.0878. The quantitative estimate of drug-likeness (QED) is 0.272. The maximum Gasteiger partial charge on any atom is 0.255 e. The van der Waals surface area contributed by atoms with Crippen LogP contribution in [-0.4, -0.2) is 22.4 Å². The maximum atomic E-state index is 13.0. The molecule has 0 bridgehead atoms. The molecule has 0 fully saturated rings. The molecular weight excluding hydrogens is 443 g/mol. The predicted octanol–water partition coefficient (Wildman–Crippen LogP) is 6.32. The number of amides is 1. The van der Waals surface area contributed by atoms with Crippen LogP contribution in [0.3, 0.4) is 0 Å². The van der Waals surface area contributed by atoms with Gasteiger partial charge in [-0.1, -0.05) is 23.4 Å². The van der Waals surface area contributed by atoms with Gasteiger partial charge in [0.15, 0.2) is 10.1 Å². The number of Topliss-reactive ketones (excluding diaryl/α,β-unsaturated/α-hetero) is 1. The van der Waals surface area contributed by atoms with Crippen LogP contribution in [0.2, 0.25) is 5.02 Å². The highest BCUT2D eigenvalue weighted by atomic mass is 35.5. The fraction of sp³-hybridized carbons (Fsp3) is 0.0455. The van der Waals surface area contributed by atoms with Gasteiger partial charge in [-0.2, -0.15) is 0 Å². The Kier molecular flexibility index (Phi) is 6.13. The van der Waals surface area contributed by atoms with E-state index >= 15 is 0 Å². The van der Waals surface area contributed by atoms with Gasteiger partial charge < -0.3 is 5.32 Å². The third-order valence-electron chi connectivity index (χ3n) is 4.23. The molecule has 1 aromatic heterocycles. The topological polar surface area (TPSA) is 59.1 Å². The molecular formula is C22H14ClFN2O2S2. The normalized spacial score (nSPS) is 10.9. The van der Waals surface area contributed by atoms with E-state index in [1.165, 1.54) is 47.4 Å². The third kappa shape index (κ3) is 4.87. The number of benzene rings is 3. The van der Waals surface area contributed by atoms with Crippen LogP contribution in [0, 0.1) is 5.82 Å². The van der Waals surface area contributed by atoms with Crippen molar-refractivity contribution in [1.82, 2.24) is 4.98 Å². The first-order chi connectivity index (χ1) is 14.5. The van der Waals surface area contributed by atoms with Crippen LogP contribution in [-0.2, 0) is 0 Å². The van der Waals surface area contributed by atoms with E-state index in [4.69, 9.17) is 11.6 Å². The Bertz CT molecular complexity index is 1220. The van der Waals surface area contributed by atoms with Crippen molar-refractivity contribution in [3.63, 3.8) is 0 Å². The van der Waals surface area contributed by atoms with Crippen molar-refractivity contribution in [2.75, 3.05) is 11.1 Å². The lowest BCUT2D eigenvalue weighted by Gasteiger charge is -2.05. The molecule has 4 aromatic rings. The number of anilines is 1. The molecule has 0 saturated carbocycles. The van der Waals surface area contributed by atoms with Gasteiger partial charge in [0.25, 0.3) is 5.91 Å². The highest BCUT2D eigenvalue weighted by molar-refractivity contribution is 8.01.